The number of unbranched alkanes of at least 4 members (excludes halogenated alkanes) is 2. The van der Waals surface area contributed by atoms with Crippen LogP contribution in [-0.4, -0.2) is 30.4 Å². The van der Waals surface area contributed by atoms with E-state index in [2.05, 4.69) is 37.1 Å². The first kappa shape index (κ1) is 28.4. The van der Waals surface area contributed by atoms with Gasteiger partial charge in [0.05, 0.1) is 36.4 Å². The second-order valence-corrected chi connectivity index (χ2v) is 8.74. The van der Waals surface area contributed by atoms with Crippen molar-refractivity contribution in [1.29, 1.82) is 0 Å². The molecule has 1 aromatic rings. The summed E-state index contributed by atoms with van der Waals surface area (Å²) in [5.74, 6) is -0.567. The fourth-order valence-corrected chi connectivity index (χ4v) is 3.71. The maximum atomic E-state index is 12.9. The van der Waals surface area contributed by atoms with Gasteiger partial charge in [0.1, 0.15) is 0 Å². The number of carbonyl (C=O) groups is 2. The number of rotatable bonds is 17. The maximum Gasteiger partial charge on any atom is 0.339 e. The largest absolute Gasteiger partial charge is 0.462 e. The number of ether oxygens (including phenoxy) is 2. The van der Waals surface area contributed by atoms with E-state index in [0.717, 1.165) is 51.4 Å². The van der Waals surface area contributed by atoms with E-state index in [-0.39, 0.29) is 17.0 Å². The van der Waals surface area contributed by atoms with E-state index in [0.29, 0.717) is 36.1 Å². The highest BCUT2D eigenvalue weighted by atomic mass is 32.2. The highest BCUT2D eigenvalue weighted by Crippen LogP contribution is 2.25. The number of hydrogen-bond acceptors (Lipinski definition) is 8. The van der Waals surface area contributed by atoms with Gasteiger partial charge in [-0.05, 0) is 42.9 Å². The molecule has 7 nitrogen and oxygen atoms in total. The van der Waals surface area contributed by atoms with E-state index in [1.165, 1.54) is 12.1 Å². The van der Waals surface area contributed by atoms with Gasteiger partial charge >= 0.3 is 11.9 Å². The van der Waals surface area contributed by atoms with Gasteiger partial charge in [0.2, 0.25) is 0 Å². The van der Waals surface area contributed by atoms with E-state index in [1.807, 2.05) is 0 Å². The fraction of sp³-hybridized carbons (Fsp3) is 0.667. The molecule has 0 fully saturated rings. The Morgan fingerprint density at radius 2 is 1.41 bits per heavy atom. The maximum absolute atomic E-state index is 12.9. The molecule has 0 saturated carbocycles. The molecule has 8 heteroatoms. The smallest absolute Gasteiger partial charge is 0.339 e. The Morgan fingerprint density at radius 1 is 0.875 bits per heavy atom. The minimum absolute atomic E-state index is 0.105. The zero-order valence-electron chi connectivity index (χ0n) is 19.8. The standard InChI is InChI=1S/C24H38O7S/c1-5-9-11-18(7-3)16-28-23(25)21-14-13-20(32-31-30-27)15-22(21)24(26)29-17-19(8-4)12-10-6-2/h13-15,18-19,27H,5-12,16-17H2,1-4H3. The molecule has 182 valence electrons. The molecule has 0 spiro atoms. The molecular weight excluding hydrogens is 432 g/mol. The summed E-state index contributed by atoms with van der Waals surface area (Å²) in [6.45, 7) is 9.03. The normalized spacial score (nSPS) is 12.9. The second kappa shape index (κ2) is 16.9. The SMILES string of the molecule is CCCCC(CC)COC(=O)c1ccc(SOOO)cc1C(=O)OCC(CC)CCCC. The predicted molar refractivity (Wildman–Crippen MR) is 124 cm³/mol. The third kappa shape index (κ3) is 10.3. The first-order valence-electron chi connectivity index (χ1n) is 11.6. The first-order chi connectivity index (χ1) is 15.5. The van der Waals surface area contributed by atoms with Crippen molar-refractivity contribution in [2.75, 3.05) is 13.2 Å². The number of hydrogen-bond donors (Lipinski definition) is 1. The van der Waals surface area contributed by atoms with Crippen LogP contribution in [0.3, 0.4) is 0 Å². The summed E-state index contributed by atoms with van der Waals surface area (Å²) >= 11 is 0.711. The Bertz CT molecular complexity index is 680. The highest BCUT2D eigenvalue weighted by Gasteiger charge is 2.22. The predicted octanol–water partition coefficient (Wildman–Crippen LogP) is 6.86. The van der Waals surface area contributed by atoms with Gasteiger partial charge in [-0.1, -0.05) is 71.3 Å². The van der Waals surface area contributed by atoms with Crippen LogP contribution in [0.25, 0.3) is 0 Å². The molecule has 0 aromatic heterocycles. The quantitative estimate of drug-likeness (QED) is 0.114. The lowest BCUT2D eigenvalue weighted by Crippen LogP contribution is -2.19. The molecule has 0 bridgehead atoms. The average molecular weight is 471 g/mol. The summed E-state index contributed by atoms with van der Waals surface area (Å²) < 4.78 is 15.5. The van der Waals surface area contributed by atoms with E-state index < -0.39 is 11.9 Å². The summed E-state index contributed by atoms with van der Waals surface area (Å²) in [6, 6.07) is 4.56. The zero-order valence-corrected chi connectivity index (χ0v) is 20.6. The van der Waals surface area contributed by atoms with Crippen LogP contribution in [0.2, 0.25) is 0 Å². The Kier molecular flexibility index (Phi) is 15.1. The lowest BCUT2D eigenvalue weighted by atomic mass is 10.0. The monoisotopic (exact) mass is 470 g/mol. The van der Waals surface area contributed by atoms with Gasteiger partial charge in [-0.2, -0.15) is 0 Å². The first-order valence-corrected chi connectivity index (χ1v) is 12.4. The molecule has 1 aromatic carbocycles. The van der Waals surface area contributed by atoms with E-state index in [4.69, 9.17) is 14.7 Å². The number of carbonyl (C=O) groups excluding carboxylic acids is 2. The number of esters is 2. The van der Waals surface area contributed by atoms with Crippen molar-refractivity contribution in [2.24, 2.45) is 11.8 Å². The van der Waals surface area contributed by atoms with Crippen molar-refractivity contribution >= 4 is 24.0 Å². The molecule has 0 saturated heterocycles. The Labute approximate surface area is 196 Å². The molecule has 0 aliphatic carbocycles. The van der Waals surface area contributed by atoms with Gasteiger partial charge in [-0.3, -0.25) is 0 Å². The third-order valence-corrected chi connectivity index (χ3v) is 6.15. The van der Waals surface area contributed by atoms with Crippen LogP contribution >= 0.6 is 12.0 Å². The minimum atomic E-state index is -0.586. The van der Waals surface area contributed by atoms with Crippen molar-refractivity contribution in [3.8, 4) is 0 Å². The van der Waals surface area contributed by atoms with Crippen LogP contribution in [0.5, 0.6) is 0 Å². The molecule has 0 amide bonds. The average Bonchev–Trinajstić information content (AvgIpc) is 2.82. The molecular formula is C24H38O7S. The van der Waals surface area contributed by atoms with Crippen LogP contribution in [0.1, 0.15) is 99.8 Å². The summed E-state index contributed by atoms with van der Waals surface area (Å²) in [5, 5.41) is 12.0. The van der Waals surface area contributed by atoms with Crippen molar-refractivity contribution in [2.45, 2.75) is 84.0 Å². The van der Waals surface area contributed by atoms with Gasteiger partial charge < -0.3 is 9.47 Å². The van der Waals surface area contributed by atoms with E-state index in [9.17, 15) is 9.59 Å². The van der Waals surface area contributed by atoms with Gasteiger partial charge in [0.25, 0.3) is 0 Å². The van der Waals surface area contributed by atoms with Gasteiger partial charge in [0.15, 0.2) is 0 Å². The van der Waals surface area contributed by atoms with Crippen LogP contribution < -0.4 is 0 Å². The molecule has 1 N–H and O–H groups in total. The van der Waals surface area contributed by atoms with Crippen molar-refractivity contribution < 1.29 is 33.7 Å². The molecule has 32 heavy (non-hydrogen) atoms. The lowest BCUT2D eigenvalue weighted by molar-refractivity contribution is -0.432. The molecule has 0 aliphatic heterocycles. The molecule has 1 rings (SSSR count). The van der Waals surface area contributed by atoms with Crippen molar-refractivity contribution in [3.05, 3.63) is 29.3 Å². The third-order valence-electron chi connectivity index (χ3n) is 5.58. The van der Waals surface area contributed by atoms with Gasteiger partial charge in [-0.25, -0.2) is 14.8 Å². The molecule has 0 aliphatic rings. The van der Waals surface area contributed by atoms with Crippen LogP contribution in [0.4, 0.5) is 0 Å². The summed E-state index contributed by atoms with van der Waals surface area (Å²) in [6.07, 6.45) is 8.17. The minimum Gasteiger partial charge on any atom is -0.462 e. The number of benzene rings is 1. The second-order valence-electron chi connectivity index (χ2n) is 7.96. The summed E-state index contributed by atoms with van der Waals surface area (Å²) in [4.78, 5) is 26.1. The summed E-state index contributed by atoms with van der Waals surface area (Å²) in [5.41, 5.74) is 0.254. The van der Waals surface area contributed by atoms with Crippen molar-refractivity contribution in [3.63, 3.8) is 0 Å². The Balaban J connectivity index is 2.94. The fourth-order valence-electron chi connectivity index (χ4n) is 3.32. The lowest BCUT2D eigenvalue weighted by Gasteiger charge is -2.17. The van der Waals surface area contributed by atoms with Crippen LogP contribution in [-0.2, 0) is 18.8 Å². The molecule has 2 unspecified atom stereocenters. The molecule has 2 atom stereocenters. The Morgan fingerprint density at radius 3 is 1.88 bits per heavy atom. The van der Waals surface area contributed by atoms with Gasteiger partial charge in [0, 0.05) is 4.90 Å². The molecule has 0 heterocycles. The topological polar surface area (TPSA) is 91.3 Å². The summed E-state index contributed by atoms with van der Waals surface area (Å²) in [7, 11) is 0. The Hall–Kier alpha value is -1.61. The highest BCUT2D eigenvalue weighted by molar-refractivity contribution is 7.94. The van der Waals surface area contributed by atoms with Gasteiger partial charge in [-0.15, -0.1) is 4.33 Å². The van der Waals surface area contributed by atoms with E-state index in [1.54, 1.807) is 6.07 Å². The van der Waals surface area contributed by atoms with Crippen LogP contribution in [0.15, 0.2) is 23.1 Å². The molecule has 0 radical (unpaired) electrons. The zero-order chi connectivity index (χ0) is 23.8. The van der Waals surface area contributed by atoms with Crippen molar-refractivity contribution in [1.82, 2.24) is 0 Å². The van der Waals surface area contributed by atoms with E-state index >= 15 is 0 Å². The van der Waals surface area contributed by atoms with Crippen LogP contribution in [0, 0.1) is 11.8 Å².